The summed E-state index contributed by atoms with van der Waals surface area (Å²) in [5.74, 6) is -1.50. The van der Waals surface area contributed by atoms with Gasteiger partial charge < -0.3 is 9.84 Å². The summed E-state index contributed by atoms with van der Waals surface area (Å²) < 4.78 is 6.63. The summed E-state index contributed by atoms with van der Waals surface area (Å²) in [7, 11) is 0. The number of thiophene rings is 1. The molecule has 0 aliphatic heterocycles. The van der Waals surface area contributed by atoms with Gasteiger partial charge in [-0.1, -0.05) is 12.1 Å². The van der Waals surface area contributed by atoms with Crippen LogP contribution in [0.25, 0.3) is 10.2 Å². The van der Waals surface area contributed by atoms with Crippen LogP contribution in [0, 0.1) is 6.92 Å². The molecule has 140 valence electrons. The van der Waals surface area contributed by atoms with Crippen LogP contribution in [0.2, 0.25) is 0 Å². The van der Waals surface area contributed by atoms with E-state index in [9.17, 15) is 14.4 Å². The Kier molecular flexibility index (Phi) is 5.09. The second kappa shape index (κ2) is 7.32. The molecule has 8 heteroatoms. The quantitative estimate of drug-likeness (QED) is 0.677. The van der Waals surface area contributed by atoms with E-state index in [0.29, 0.717) is 26.2 Å². The van der Waals surface area contributed by atoms with E-state index in [-0.39, 0.29) is 23.8 Å². The van der Waals surface area contributed by atoms with E-state index in [0.717, 1.165) is 11.3 Å². The average molecular weight is 386 g/mol. The largest absolute Gasteiger partial charge is 0.478 e. The third kappa shape index (κ3) is 3.75. The topological polar surface area (TPSA) is 98.5 Å². The first-order valence-corrected chi connectivity index (χ1v) is 9.11. The number of hydrogen-bond donors (Lipinski definition) is 1. The molecule has 0 radical (unpaired) electrons. The molecular weight excluding hydrogens is 368 g/mol. The fourth-order valence-electron chi connectivity index (χ4n) is 2.73. The first-order valence-electron chi connectivity index (χ1n) is 8.29. The monoisotopic (exact) mass is 386 g/mol. The van der Waals surface area contributed by atoms with E-state index in [1.54, 1.807) is 32.9 Å². The third-order valence-electron chi connectivity index (χ3n) is 3.97. The molecule has 2 aromatic heterocycles. The van der Waals surface area contributed by atoms with Gasteiger partial charge in [-0.2, -0.15) is 0 Å². The van der Waals surface area contributed by atoms with Gasteiger partial charge in [0, 0.05) is 0 Å². The molecule has 0 bridgehead atoms. The zero-order valence-electron chi connectivity index (χ0n) is 15.1. The van der Waals surface area contributed by atoms with Crippen LogP contribution in [0.5, 0.6) is 0 Å². The zero-order valence-corrected chi connectivity index (χ0v) is 15.9. The Morgan fingerprint density at radius 3 is 2.74 bits per heavy atom. The lowest BCUT2D eigenvalue weighted by molar-refractivity contribution is 0.0383. The van der Waals surface area contributed by atoms with Crippen molar-refractivity contribution in [1.82, 2.24) is 9.55 Å². The molecule has 0 amide bonds. The fourth-order valence-corrected chi connectivity index (χ4v) is 3.76. The minimum atomic E-state index is -1.03. The van der Waals surface area contributed by atoms with Gasteiger partial charge in [0.2, 0.25) is 0 Å². The van der Waals surface area contributed by atoms with Crippen LogP contribution in [0.1, 0.15) is 45.0 Å². The number of esters is 1. The highest BCUT2D eigenvalue weighted by Gasteiger charge is 2.21. The van der Waals surface area contributed by atoms with E-state index in [1.807, 2.05) is 0 Å². The molecule has 1 N–H and O–H groups in total. The second-order valence-corrected chi connectivity index (χ2v) is 7.37. The SMILES string of the molecule is Cc1c(C(=O)OC(C)C)sc2ncn(Cc3cccc(C(=O)O)c3)c(=O)c12. The van der Waals surface area contributed by atoms with Gasteiger partial charge in [-0.3, -0.25) is 9.36 Å². The molecule has 0 aliphatic rings. The summed E-state index contributed by atoms with van der Waals surface area (Å²) in [6, 6.07) is 6.39. The maximum absolute atomic E-state index is 12.9. The molecule has 3 rings (SSSR count). The van der Waals surface area contributed by atoms with Crippen LogP contribution >= 0.6 is 11.3 Å². The number of ether oxygens (including phenoxy) is 1. The fraction of sp³-hybridized carbons (Fsp3) is 0.263. The molecule has 3 aromatic rings. The van der Waals surface area contributed by atoms with Crippen LogP contribution in [0.3, 0.4) is 0 Å². The van der Waals surface area contributed by atoms with Crippen molar-refractivity contribution in [3.63, 3.8) is 0 Å². The lowest BCUT2D eigenvalue weighted by Gasteiger charge is -2.07. The van der Waals surface area contributed by atoms with Gasteiger partial charge in [-0.05, 0) is 44.0 Å². The van der Waals surface area contributed by atoms with E-state index < -0.39 is 11.9 Å². The minimum Gasteiger partial charge on any atom is -0.478 e. The molecule has 0 aliphatic carbocycles. The number of aromatic carboxylic acids is 1. The molecular formula is C19H18N2O5S. The number of benzene rings is 1. The molecule has 0 atom stereocenters. The van der Waals surface area contributed by atoms with Crippen molar-refractivity contribution in [2.45, 2.75) is 33.4 Å². The van der Waals surface area contributed by atoms with Crippen molar-refractivity contribution < 1.29 is 19.4 Å². The molecule has 0 spiro atoms. The van der Waals surface area contributed by atoms with Crippen molar-refractivity contribution in [2.75, 3.05) is 0 Å². The van der Waals surface area contributed by atoms with Crippen LogP contribution in [-0.4, -0.2) is 32.7 Å². The maximum Gasteiger partial charge on any atom is 0.348 e. The Labute approximate surface area is 158 Å². The van der Waals surface area contributed by atoms with Crippen molar-refractivity contribution in [3.8, 4) is 0 Å². The summed E-state index contributed by atoms with van der Waals surface area (Å²) in [6.07, 6.45) is 1.15. The van der Waals surface area contributed by atoms with E-state index >= 15 is 0 Å². The molecule has 0 saturated carbocycles. The Balaban J connectivity index is 2.01. The van der Waals surface area contributed by atoms with Gasteiger partial charge in [0.25, 0.3) is 5.56 Å². The first-order chi connectivity index (χ1) is 12.8. The average Bonchev–Trinajstić information content (AvgIpc) is 2.94. The Bertz CT molecular complexity index is 1100. The van der Waals surface area contributed by atoms with Gasteiger partial charge in [0.15, 0.2) is 0 Å². The Morgan fingerprint density at radius 1 is 1.33 bits per heavy atom. The van der Waals surface area contributed by atoms with Crippen LogP contribution < -0.4 is 5.56 Å². The number of carboxylic acids is 1. The summed E-state index contributed by atoms with van der Waals surface area (Å²) in [4.78, 5) is 41.4. The lowest BCUT2D eigenvalue weighted by Crippen LogP contribution is -2.21. The number of aromatic nitrogens is 2. The molecule has 2 heterocycles. The summed E-state index contributed by atoms with van der Waals surface area (Å²) in [5, 5.41) is 9.48. The molecule has 27 heavy (non-hydrogen) atoms. The van der Waals surface area contributed by atoms with E-state index in [4.69, 9.17) is 9.84 Å². The van der Waals surface area contributed by atoms with E-state index in [2.05, 4.69) is 4.98 Å². The van der Waals surface area contributed by atoms with Crippen molar-refractivity contribution in [3.05, 3.63) is 62.5 Å². The maximum atomic E-state index is 12.9. The van der Waals surface area contributed by atoms with Gasteiger partial charge in [-0.25, -0.2) is 14.6 Å². The second-order valence-electron chi connectivity index (χ2n) is 6.37. The number of carbonyl (C=O) groups excluding carboxylic acids is 1. The van der Waals surface area contributed by atoms with Gasteiger partial charge in [0.1, 0.15) is 9.71 Å². The predicted octanol–water partition coefficient (Wildman–Crippen LogP) is 3.08. The van der Waals surface area contributed by atoms with Gasteiger partial charge >= 0.3 is 11.9 Å². The minimum absolute atomic E-state index is 0.153. The summed E-state index contributed by atoms with van der Waals surface area (Å²) >= 11 is 1.13. The molecule has 7 nitrogen and oxygen atoms in total. The normalized spacial score (nSPS) is 11.1. The third-order valence-corrected chi connectivity index (χ3v) is 5.15. The van der Waals surface area contributed by atoms with Crippen LogP contribution in [-0.2, 0) is 11.3 Å². The highest BCUT2D eigenvalue weighted by molar-refractivity contribution is 7.20. The smallest absolute Gasteiger partial charge is 0.348 e. The highest BCUT2D eigenvalue weighted by Crippen LogP contribution is 2.27. The molecule has 0 unspecified atom stereocenters. The number of hydrogen-bond acceptors (Lipinski definition) is 6. The highest BCUT2D eigenvalue weighted by atomic mass is 32.1. The lowest BCUT2D eigenvalue weighted by atomic mass is 10.1. The van der Waals surface area contributed by atoms with Gasteiger partial charge in [0.05, 0.1) is 29.9 Å². The standard InChI is InChI=1S/C19H18N2O5S/c1-10(2)26-19(25)15-11(3)14-16(27-15)20-9-21(17(14)22)8-12-5-4-6-13(7-12)18(23)24/h4-7,9-10H,8H2,1-3H3,(H,23,24). The number of nitrogens with zero attached hydrogens (tertiary/aromatic N) is 2. The van der Waals surface area contributed by atoms with Crippen molar-refractivity contribution >= 4 is 33.5 Å². The summed E-state index contributed by atoms with van der Waals surface area (Å²) in [5.41, 5.74) is 1.09. The number of carbonyl (C=O) groups is 2. The van der Waals surface area contributed by atoms with Crippen LogP contribution in [0.4, 0.5) is 0 Å². The molecule has 0 saturated heterocycles. The van der Waals surface area contributed by atoms with Crippen LogP contribution in [0.15, 0.2) is 35.4 Å². The Hall–Kier alpha value is -3.00. The Morgan fingerprint density at radius 2 is 2.07 bits per heavy atom. The molecule has 1 aromatic carbocycles. The number of rotatable bonds is 5. The first kappa shape index (κ1) is 18.8. The van der Waals surface area contributed by atoms with Gasteiger partial charge in [-0.15, -0.1) is 11.3 Å². The van der Waals surface area contributed by atoms with Crippen molar-refractivity contribution in [2.24, 2.45) is 0 Å². The number of carboxylic acid groups (broad SMARTS) is 1. The number of aryl methyl sites for hydroxylation is 1. The van der Waals surface area contributed by atoms with Crippen molar-refractivity contribution in [1.29, 1.82) is 0 Å². The van der Waals surface area contributed by atoms with E-state index in [1.165, 1.54) is 23.0 Å². The predicted molar refractivity (Wildman–Crippen MR) is 102 cm³/mol. The summed E-state index contributed by atoms with van der Waals surface area (Å²) in [6.45, 7) is 5.41. The molecule has 0 fully saturated rings. The number of fused-ring (bicyclic) bond motifs is 1. The zero-order chi connectivity index (χ0) is 19.7.